The Kier molecular flexibility index (Phi) is 3.27. The van der Waals surface area contributed by atoms with Crippen molar-refractivity contribution in [3.8, 4) is 0 Å². The molecule has 14 heavy (non-hydrogen) atoms. The highest BCUT2D eigenvalue weighted by molar-refractivity contribution is 4.82. The molecule has 2 heteroatoms. The van der Waals surface area contributed by atoms with Gasteiger partial charge in [-0.25, -0.2) is 4.90 Å². The van der Waals surface area contributed by atoms with E-state index in [4.69, 9.17) is 0 Å². The summed E-state index contributed by atoms with van der Waals surface area (Å²) in [5.41, 5.74) is 0.323. The molecule has 0 spiro atoms. The van der Waals surface area contributed by atoms with E-state index in [1.165, 1.54) is 30.8 Å². The van der Waals surface area contributed by atoms with E-state index in [1.807, 2.05) is 0 Å². The molecule has 1 aliphatic rings. The second kappa shape index (κ2) is 3.82. The van der Waals surface area contributed by atoms with Crippen molar-refractivity contribution in [1.82, 2.24) is 4.90 Å². The van der Waals surface area contributed by atoms with E-state index < -0.39 is 0 Å². The van der Waals surface area contributed by atoms with Crippen LogP contribution < -0.4 is 0 Å². The van der Waals surface area contributed by atoms with Gasteiger partial charge in [0.05, 0.1) is 25.7 Å². The monoisotopic (exact) mass is 199 g/mol. The van der Waals surface area contributed by atoms with Crippen LogP contribution in [0, 0.1) is 0 Å². The van der Waals surface area contributed by atoms with Crippen molar-refractivity contribution in [3.05, 3.63) is 0 Å². The van der Waals surface area contributed by atoms with Crippen LogP contribution in [-0.2, 0) is 0 Å². The van der Waals surface area contributed by atoms with E-state index in [0.29, 0.717) is 5.54 Å². The van der Waals surface area contributed by atoms with Crippen LogP contribution in [0.1, 0.15) is 41.5 Å². The standard InChI is InChI=1S/C12H27N2/c1-7-14(8-2)9-11(3)13(10-14)12(4,5)6/h11H,7-10H2,1-6H3/q+1. The van der Waals surface area contributed by atoms with Crippen molar-refractivity contribution >= 4 is 0 Å². The van der Waals surface area contributed by atoms with Gasteiger partial charge in [-0.1, -0.05) is 0 Å². The number of likely N-dealkylation sites (N-methyl/N-ethyl adjacent to an activating group) is 1. The molecule has 0 radical (unpaired) electrons. The first-order valence-electron chi connectivity index (χ1n) is 5.96. The molecule has 1 atom stereocenters. The van der Waals surface area contributed by atoms with Crippen molar-refractivity contribution in [2.24, 2.45) is 0 Å². The molecule has 1 heterocycles. The topological polar surface area (TPSA) is 3.24 Å². The van der Waals surface area contributed by atoms with Crippen molar-refractivity contribution in [2.75, 3.05) is 26.3 Å². The van der Waals surface area contributed by atoms with Crippen LogP contribution in [0.2, 0.25) is 0 Å². The molecule has 0 aromatic heterocycles. The molecule has 1 saturated heterocycles. The van der Waals surface area contributed by atoms with Crippen LogP contribution in [0.25, 0.3) is 0 Å². The highest BCUT2D eigenvalue weighted by Gasteiger charge is 2.43. The van der Waals surface area contributed by atoms with Crippen LogP contribution in [0.3, 0.4) is 0 Å². The van der Waals surface area contributed by atoms with Crippen LogP contribution in [0.15, 0.2) is 0 Å². The minimum Gasteiger partial charge on any atom is -0.310 e. The Morgan fingerprint density at radius 2 is 1.71 bits per heavy atom. The van der Waals surface area contributed by atoms with Crippen molar-refractivity contribution in [2.45, 2.75) is 53.1 Å². The fourth-order valence-electron chi connectivity index (χ4n) is 2.73. The lowest BCUT2D eigenvalue weighted by Gasteiger charge is -2.36. The van der Waals surface area contributed by atoms with Gasteiger partial charge < -0.3 is 4.48 Å². The Hall–Kier alpha value is -0.0800. The summed E-state index contributed by atoms with van der Waals surface area (Å²) in [6, 6.07) is 0.731. The molecule has 0 saturated carbocycles. The van der Waals surface area contributed by atoms with Crippen LogP contribution >= 0.6 is 0 Å². The second-order valence-corrected chi connectivity index (χ2v) is 5.79. The summed E-state index contributed by atoms with van der Waals surface area (Å²) in [5.74, 6) is 0. The Labute approximate surface area is 89.5 Å². The van der Waals surface area contributed by atoms with Gasteiger partial charge in [-0.3, -0.25) is 0 Å². The molecule has 1 unspecified atom stereocenters. The van der Waals surface area contributed by atoms with E-state index in [9.17, 15) is 0 Å². The van der Waals surface area contributed by atoms with E-state index in [-0.39, 0.29) is 0 Å². The summed E-state index contributed by atoms with van der Waals surface area (Å²) in [6.45, 7) is 19.1. The zero-order valence-corrected chi connectivity index (χ0v) is 10.8. The molecule has 0 bridgehead atoms. The first-order valence-corrected chi connectivity index (χ1v) is 5.96. The third kappa shape index (κ3) is 2.12. The van der Waals surface area contributed by atoms with Gasteiger partial charge in [0, 0.05) is 5.54 Å². The maximum absolute atomic E-state index is 2.65. The maximum Gasteiger partial charge on any atom is 0.135 e. The Morgan fingerprint density at radius 1 is 1.21 bits per heavy atom. The molecular weight excluding hydrogens is 172 g/mol. The summed E-state index contributed by atoms with van der Waals surface area (Å²) >= 11 is 0. The Balaban J connectivity index is 2.77. The fourth-order valence-corrected chi connectivity index (χ4v) is 2.73. The van der Waals surface area contributed by atoms with E-state index in [2.05, 4.69) is 46.4 Å². The lowest BCUT2D eigenvalue weighted by Crippen LogP contribution is -2.49. The first kappa shape index (κ1) is 12.0. The van der Waals surface area contributed by atoms with Crippen molar-refractivity contribution in [3.63, 3.8) is 0 Å². The van der Waals surface area contributed by atoms with Crippen LogP contribution in [-0.4, -0.2) is 47.3 Å². The highest BCUT2D eigenvalue weighted by Crippen LogP contribution is 2.28. The average molecular weight is 199 g/mol. The summed E-state index contributed by atoms with van der Waals surface area (Å²) in [5, 5.41) is 0. The lowest BCUT2D eigenvalue weighted by molar-refractivity contribution is -0.918. The minimum absolute atomic E-state index is 0.323. The van der Waals surface area contributed by atoms with Crippen LogP contribution in [0.5, 0.6) is 0 Å². The van der Waals surface area contributed by atoms with E-state index in [1.54, 1.807) is 0 Å². The fraction of sp³-hybridized carbons (Fsp3) is 1.00. The Bertz CT molecular complexity index is 189. The number of quaternary nitrogens is 1. The smallest absolute Gasteiger partial charge is 0.135 e. The second-order valence-electron chi connectivity index (χ2n) is 5.79. The van der Waals surface area contributed by atoms with E-state index in [0.717, 1.165) is 6.04 Å². The predicted molar refractivity (Wildman–Crippen MR) is 62.1 cm³/mol. The van der Waals surface area contributed by atoms with Crippen LogP contribution in [0.4, 0.5) is 0 Å². The minimum atomic E-state index is 0.323. The molecule has 84 valence electrons. The third-order valence-electron chi connectivity index (χ3n) is 3.84. The molecule has 1 aliphatic heterocycles. The van der Waals surface area contributed by atoms with Gasteiger partial charge in [0.15, 0.2) is 0 Å². The maximum atomic E-state index is 2.65. The van der Waals surface area contributed by atoms with Gasteiger partial charge in [0.1, 0.15) is 6.67 Å². The molecule has 0 N–H and O–H groups in total. The lowest BCUT2D eigenvalue weighted by atomic mass is 10.1. The summed E-state index contributed by atoms with van der Waals surface area (Å²) in [4.78, 5) is 2.65. The molecule has 1 rings (SSSR count). The number of nitrogens with zero attached hydrogens (tertiary/aromatic N) is 2. The highest BCUT2D eigenvalue weighted by atomic mass is 15.5. The number of rotatable bonds is 2. The van der Waals surface area contributed by atoms with Gasteiger partial charge >= 0.3 is 0 Å². The SMILES string of the molecule is CC[N+]1(CC)CC(C)N(C(C)(C)C)C1. The summed E-state index contributed by atoms with van der Waals surface area (Å²) in [7, 11) is 0. The molecule has 0 aromatic rings. The van der Waals surface area contributed by atoms with E-state index >= 15 is 0 Å². The van der Waals surface area contributed by atoms with Gasteiger partial charge in [0.2, 0.25) is 0 Å². The molecule has 1 fully saturated rings. The molecule has 2 nitrogen and oxygen atoms in total. The molecule has 0 amide bonds. The largest absolute Gasteiger partial charge is 0.310 e. The number of hydrogen-bond donors (Lipinski definition) is 0. The molecule has 0 aliphatic carbocycles. The van der Waals surface area contributed by atoms with Gasteiger partial charge in [-0.15, -0.1) is 0 Å². The predicted octanol–water partition coefficient (Wildman–Crippen LogP) is 2.30. The van der Waals surface area contributed by atoms with Gasteiger partial charge in [-0.2, -0.15) is 0 Å². The zero-order chi connectivity index (χ0) is 11.0. The van der Waals surface area contributed by atoms with Gasteiger partial charge in [0.25, 0.3) is 0 Å². The normalized spacial score (nSPS) is 28.3. The molecular formula is C12H27N2+. The quantitative estimate of drug-likeness (QED) is 0.617. The Morgan fingerprint density at radius 3 is 1.93 bits per heavy atom. The average Bonchev–Trinajstić information content (AvgIpc) is 2.43. The number of hydrogen-bond acceptors (Lipinski definition) is 1. The molecule has 0 aromatic carbocycles. The summed E-state index contributed by atoms with van der Waals surface area (Å²) < 4.78 is 1.28. The third-order valence-corrected chi connectivity index (χ3v) is 3.84. The zero-order valence-electron chi connectivity index (χ0n) is 10.8. The summed E-state index contributed by atoms with van der Waals surface area (Å²) in [6.07, 6.45) is 0. The van der Waals surface area contributed by atoms with Crippen molar-refractivity contribution < 1.29 is 4.48 Å². The first-order chi connectivity index (χ1) is 6.34. The van der Waals surface area contributed by atoms with Crippen molar-refractivity contribution in [1.29, 1.82) is 0 Å². The van der Waals surface area contributed by atoms with Gasteiger partial charge in [-0.05, 0) is 41.5 Å².